The molecule has 6 heteroatoms. The van der Waals surface area contributed by atoms with Crippen molar-refractivity contribution in [1.82, 2.24) is 9.78 Å². The van der Waals surface area contributed by atoms with Gasteiger partial charge < -0.3 is 10.2 Å². The minimum absolute atomic E-state index is 0.135. The van der Waals surface area contributed by atoms with E-state index in [0.717, 1.165) is 31.7 Å². The average Bonchev–Trinajstić information content (AvgIpc) is 2.55. The van der Waals surface area contributed by atoms with E-state index in [4.69, 9.17) is 0 Å². The Morgan fingerprint density at radius 2 is 2.05 bits per heavy atom. The predicted molar refractivity (Wildman–Crippen MR) is 94.6 cm³/mol. The van der Waals surface area contributed by atoms with E-state index < -0.39 is 0 Å². The molecule has 0 bridgehead atoms. The largest absolute Gasteiger partial charge is 0.383 e. The first-order valence-corrected chi connectivity index (χ1v) is 8.18. The van der Waals surface area contributed by atoms with Crippen molar-refractivity contribution in [3.63, 3.8) is 0 Å². The Morgan fingerprint density at radius 3 is 2.73 bits per heavy atom. The molecule has 0 saturated heterocycles. The van der Waals surface area contributed by atoms with Gasteiger partial charge in [-0.2, -0.15) is 5.10 Å². The molecule has 0 aliphatic carbocycles. The molecule has 0 amide bonds. The Morgan fingerprint density at radius 1 is 1.32 bits per heavy atom. The molecule has 0 aliphatic rings. The highest BCUT2D eigenvalue weighted by molar-refractivity contribution is 9.10. The minimum Gasteiger partial charge on any atom is -0.383 e. The molecule has 0 fully saturated rings. The summed E-state index contributed by atoms with van der Waals surface area (Å²) in [6, 6.07) is 10.4. The van der Waals surface area contributed by atoms with Crippen LogP contribution in [-0.4, -0.2) is 29.4 Å². The van der Waals surface area contributed by atoms with E-state index in [2.05, 4.69) is 62.4 Å². The fraction of sp³-hybridized carbons (Fsp3) is 0.375. The zero-order chi connectivity index (χ0) is 15.9. The highest BCUT2D eigenvalue weighted by atomic mass is 79.9. The van der Waals surface area contributed by atoms with Crippen LogP contribution in [0.4, 0.5) is 11.4 Å². The number of para-hydroxylation sites is 1. The van der Waals surface area contributed by atoms with Gasteiger partial charge in [0.2, 0.25) is 0 Å². The maximum atomic E-state index is 11.8. The van der Waals surface area contributed by atoms with Crippen LogP contribution in [0.2, 0.25) is 0 Å². The molecule has 118 valence electrons. The van der Waals surface area contributed by atoms with Gasteiger partial charge in [-0.1, -0.05) is 18.2 Å². The number of hydrogen-bond donors (Lipinski definition) is 1. The van der Waals surface area contributed by atoms with Crippen molar-refractivity contribution in [1.29, 1.82) is 0 Å². The second-order valence-corrected chi connectivity index (χ2v) is 5.79. The lowest BCUT2D eigenvalue weighted by atomic mass is 10.2. The molecule has 0 radical (unpaired) electrons. The molecule has 1 aromatic heterocycles. The predicted octanol–water partition coefficient (Wildman–Crippen LogP) is 2.87. The third kappa shape index (κ3) is 4.10. The molecule has 2 aromatic rings. The maximum absolute atomic E-state index is 11.8. The Bertz CT molecular complexity index is 657. The summed E-state index contributed by atoms with van der Waals surface area (Å²) in [5.41, 5.74) is 1.84. The number of nitrogens with one attached hydrogen (secondary N) is 1. The first-order valence-electron chi connectivity index (χ1n) is 7.39. The fourth-order valence-corrected chi connectivity index (χ4v) is 2.73. The van der Waals surface area contributed by atoms with Crippen LogP contribution in [0.3, 0.4) is 0 Å². The quantitative estimate of drug-likeness (QED) is 0.767. The Hall–Kier alpha value is -1.82. The van der Waals surface area contributed by atoms with Gasteiger partial charge in [0.15, 0.2) is 0 Å². The normalized spacial score (nSPS) is 10.5. The molecule has 0 atom stereocenters. The average molecular weight is 365 g/mol. The van der Waals surface area contributed by atoms with Gasteiger partial charge in [-0.15, -0.1) is 0 Å². The monoisotopic (exact) mass is 364 g/mol. The summed E-state index contributed by atoms with van der Waals surface area (Å²) in [7, 11) is 1.63. The van der Waals surface area contributed by atoms with Gasteiger partial charge in [0.05, 0.1) is 11.9 Å². The van der Waals surface area contributed by atoms with E-state index in [0.29, 0.717) is 4.47 Å². The van der Waals surface area contributed by atoms with Gasteiger partial charge >= 0.3 is 0 Å². The van der Waals surface area contributed by atoms with Gasteiger partial charge in [0.1, 0.15) is 4.47 Å². The van der Waals surface area contributed by atoms with Gasteiger partial charge in [0.25, 0.3) is 5.56 Å². The van der Waals surface area contributed by atoms with Crippen LogP contribution in [-0.2, 0) is 7.05 Å². The van der Waals surface area contributed by atoms with Crippen LogP contribution in [0.15, 0.2) is 45.8 Å². The standard InChI is InChI=1S/C16H21BrN4O/c1-3-21(13-8-5-4-6-9-13)11-7-10-18-14-12-19-20(2)16(22)15(14)17/h4-6,8-9,12,18H,3,7,10-11H2,1-2H3. The number of hydrogen-bond acceptors (Lipinski definition) is 4. The summed E-state index contributed by atoms with van der Waals surface area (Å²) in [5, 5.41) is 7.28. The molecule has 0 spiro atoms. The first-order chi connectivity index (χ1) is 10.6. The maximum Gasteiger partial charge on any atom is 0.282 e. The first kappa shape index (κ1) is 16.5. The molecule has 2 rings (SSSR count). The third-order valence-electron chi connectivity index (χ3n) is 3.50. The Labute approximate surface area is 139 Å². The van der Waals surface area contributed by atoms with E-state index >= 15 is 0 Å². The van der Waals surface area contributed by atoms with E-state index in [-0.39, 0.29) is 5.56 Å². The molecule has 5 nitrogen and oxygen atoms in total. The van der Waals surface area contributed by atoms with Crippen LogP contribution in [0, 0.1) is 0 Å². The summed E-state index contributed by atoms with van der Waals surface area (Å²) >= 11 is 3.32. The fourth-order valence-electron chi connectivity index (χ4n) is 2.24. The molecule has 0 saturated carbocycles. The van der Waals surface area contributed by atoms with Gasteiger partial charge in [-0.25, -0.2) is 4.68 Å². The SMILES string of the molecule is CCN(CCCNc1cnn(C)c(=O)c1Br)c1ccccc1. The molecule has 1 heterocycles. The summed E-state index contributed by atoms with van der Waals surface area (Å²) < 4.78 is 1.84. The molecule has 0 unspecified atom stereocenters. The van der Waals surface area contributed by atoms with E-state index in [1.807, 2.05) is 6.07 Å². The Balaban J connectivity index is 1.87. The molecular weight excluding hydrogens is 344 g/mol. The summed E-state index contributed by atoms with van der Waals surface area (Å²) in [6.45, 7) is 4.88. The zero-order valence-electron chi connectivity index (χ0n) is 12.9. The molecule has 1 N–H and O–H groups in total. The van der Waals surface area contributed by atoms with Gasteiger partial charge in [-0.05, 0) is 41.4 Å². The van der Waals surface area contributed by atoms with Crippen LogP contribution < -0.4 is 15.8 Å². The third-order valence-corrected chi connectivity index (χ3v) is 4.27. The van der Waals surface area contributed by atoms with Crippen LogP contribution in [0.1, 0.15) is 13.3 Å². The number of aromatic nitrogens is 2. The second-order valence-electron chi connectivity index (χ2n) is 5.00. The number of rotatable bonds is 7. The highest BCUT2D eigenvalue weighted by Crippen LogP contribution is 2.16. The van der Waals surface area contributed by atoms with E-state index in [1.165, 1.54) is 10.4 Å². The molecule has 22 heavy (non-hydrogen) atoms. The number of nitrogens with zero attached hydrogens (tertiary/aromatic N) is 3. The van der Waals surface area contributed by atoms with Crippen molar-refractivity contribution in [2.75, 3.05) is 29.9 Å². The van der Waals surface area contributed by atoms with Crippen molar-refractivity contribution >= 4 is 27.3 Å². The van der Waals surface area contributed by atoms with Crippen LogP contribution in [0.25, 0.3) is 0 Å². The van der Waals surface area contributed by atoms with Crippen molar-refractivity contribution in [2.24, 2.45) is 7.05 Å². The van der Waals surface area contributed by atoms with Crippen molar-refractivity contribution in [3.8, 4) is 0 Å². The van der Waals surface area contributed by atoms with Crippen molar-refractivity contribution in [2.45, 2.75) is 13.3 Å². The second kappa shape index (κ2) is 7.98. The molecular formula is C16H21BrN4O. The molecule has 1 aromatic carbocycles. The lowest BCUT2D eigenvalue weighted by Gasteiger charge is -2.23. The number of anilines is 2. The number of halogens is 1. The zero-order valence-corrected chi connectivity index (χ0v) is 14.5. The number of benzene rings is 1. The van der Waals surface area contributed by atoms with E-state index in [9.17, 15) is 4.79 Å². The molecule has 0 aliphatic heterocycles. The highest BCUT2D eigenvalue weighted by Gasteiger charge is 2.07. The van der Waals surface area contributed by atoms with E-state index in [1.54, 1.807) is 13.2 Å². The van der Waals surface area contributed by atoms with Gasteiger partial charge in [0, 0.05) is 32.4 Å². The Kier molecular flexibility index (Phi) is 6.00. The summed E-state index contributed by atoms with van der Waals surface area (Å²) in [6.07, 6.45) is 2.64. The van der Waals surface area contributed by atoms with Crippen molar-refractivity contribution in [3.05, 3.63) is 51.4 Å². The minimum atomic E-state index is -0.135. The lowest BCUT2D eigenvalue weighted by Crippen LogP contribution is -2.26. The van der Waals surface area contributed by atoms with Crippen LogP contribution >= 0.6 is 15.9 Å². The number of aryl methyl sites for hydroxylation is 1. The van der Waals surface area contributed by atoms with Gasteiger partial charge in [-0.3, -0.25) is 4.79 Å². The topological polar surface area (TPSA) is 50.2 Å². The smallest absolute Gasteiger partial charge is 0.282 e. The van der Waals surface area contributed by atoms with Crippen molar-refractivity contribution < 1.29 is 0 Å². The summed E-state index contributed by atoms with van der Waals surface area (Å²) in [5.74, 6) is 0. The lowest BCUT2D eigenvalue weighted by molar-refractivity contribution is 0.702. The van der Waals surface area contributed by atoms with Crippen LogP contribution in [0.5, 0.6) is 0 Å². The summed E-state index contributed by atoms with van der Waals surface area (Å²) in [4.78, 5) is 14.1.